The van der Waals surface area contributed by atoms with Crippen molar-refractivity contribution in [3.05, 3.63) is 107 Å². The highest BCUT2D eigenvalue weighted by Crippen LogP contribution is 2.32. The summed E-state index contributed by atoms with van der Waals surface area (Å²) in [6.07, 6.45) is 0. The van der Waals surface area contributed by atoms with Crippen molar-refractivity contribution >= 4 is 42.9 Å². The first-order chi connectivity index (χ1) is 14.6. The average Bonchev–Trinajstić information content (AvgIpc) is 2.68. The van der Waals surface area contributed by atoms with Gasteiger partial charge in [0.2, 0.25) is 0 Å². The van der Waals surface area contributed by atoms with Crippen LogP contribution in [0, 0.1) is 0 Å². The highest BCUT2D eigenvalue weighted by atomic mass is 35.5. The molecule has 3 aromatic carbocycles. The zero-order valence-electron chi connectivity index (χ0n) is 16.9. The molecule has 0 fully saturated rings. The van der Waals surface area contributed by atoms with Gasteiger partial charge in [-0.2, -0.15) is 3.71 Å². The van der Waals surface area contributed by atoms with Crippen molar-refractivity contribution in [1.82, 2.24) is 0 Å². The second-order valence-electron chi connectivity index (χ2n) is 7.13. The van der Waals surface area contributed by atoms with Gasteiger partial charge in [0.05, 0.1) is 22.2 Å². The van der Waals surface area contributed by atoms with E-state index in [2.05, 4.69) is 6.58 Å². The lowest BCUT2D eigenvalue weighted by Gasteiger charge is -2.25. The number of rotatable bonds is 8. The van der Waals surface area contributed by atoms with Gasteiger partial charge in [0.25, 0.3) is 20.0 Å². The molecule has 0 unspecified atom stereocenters. The maximum absolute atomic E-state index is 13.4. The molecule has 0 saturated heterocycles. The summed E-state index contributed by atoms with van der Waals surface area (Å²) in [7, 11) is -8.58. The van der Waals surface area contributed by atoms with Gasteiger partial charge in [-0.05, 0) is 41.3 Å². The van der Waals surface area contributed by atoms with Crippen LogP contribution in [0.1, 0.15) is 23.6 Å². The summed E-state index contributed by atoms with van der Waals surface area (Å²) >= 11 is 6.31. The standard InChI is InChI=1S/C23H22ClNO4S2/c1-18(2)22-14-13-21(15-23(22)24)25(30(26,27)16-19-9-5-3-6-10-19)31(28,29)17-20-11-7-4-8-12-20/h3-15H,1,16-17H2,2H3. The number of allylic oxidation sites excluding steroid dienone is 1. The van der Waals surface area contributed by atoms with Crippen molar-refractivity contribution in [3.63, 3.8) is 0 Å². The van der Waals surface area contributed by atoms with Crippen molar-refractivity contribution in [3.8, 4) is 0 Å². The van der Waals surface area contributed by atoms with Crippen LogP contribution in [0.15, 0.2) is 85.4 Å². The van der Waals surface area contributed by atoms with E-state index in [0.29, 0.717) is 26.0 Å². The fourth-order valence-electron chi connectivity index (χ4n) is 3.14. The van der Waals surface area contributed by atoms with E-state index in [1.807, 2.05) is 0 Å². The predicted molar refractivity (Wildman–Crippen MR) is 127 cm³/mol. The summed E-state index contributed by atoms with van der Waals surface area (Å²) < 4.78 is 53.9. The van der Waals surface area contributed by atoms with E-state index >= 15 is 0 Å². The lowest BCUT2D eigenvalue weighted by molar-refractivity contribution is 0.583. The van der Waals surface area contributed by atoms with Crippen LogP contribution in [0.2, 0.25) is 5.02 Å². The fourth-order valence-corrected chi connectivity index (χ4v) is 7.51. The molecule has 0 spiro atoms. The molecular weight excluding hydrogens is 454 g/mol. The zero-order valence-corrected chi connectivity index (χ0v) is 19.3. The number of benzene rings is 3. The SMILES string of the molecule is C=C(C)c1ccc(N(S(=O)(=O)Cc2ccccc2)S(=O)(=O)Cc2ccccc2)cc1Cl. The second kappa shape index (κ2) is 9.26. The lowest BCUT2D eigenvalue weighted by atomic mass is 10.1. The average molecular weight is 476 g/mol. The molecule has 0 bridgehead atoms. The van der Waals surface area contributed by atoms with Gasteiger partial charge in [0.1, 0.15) is 0 Å². The van der Waals surface area contributed by atoms with Gasteiger partial charge in [0.15, 0.2) is 0 Å². The Balaban J connectivity index is 2.11. The topological polar surface area (TPSA) is 71.5 Å². The summed E-state index contributed by atoms with van der Waals surface area (Å²) in [5, 5.41) is 0.222. The van der Waals surface area contributed by atoms with E-state index in [1.54, 1.807) is 73.7 Å². The first kappa shape index (κ1) is 23.1. The Bertz CT molecular complexity index is 1220. The number of nitrogens with zero attached hydrogens (tertiary/aromatic N) is 1. The molecule has 0 amide bonds. The Hall–Kier alpha value is -2.61. The van der Waals surface area contributed by atoms with Crippen LogP contribution >= 0.6 is 11.6 Å². The Morgan fingerprint density at radius 2 is 1.26 bits per heavy atom. The van der Waals surface area contributed by atoms with Crippen LogP contribution in [0.4, 0.5) is 5.69 Å². The van der Waals surface area contributed by atoms with Crippen LogP contribution in [0.5, 0.6) is 0 Å². The Kier molecular flexibility index (Phi) is 6.89. The summed E-state index contributed by atoms with van der Waals surface area (Å²) in [6.45, 7) is 5.60. The Labute approximate surface area is 188 Å². The van der Waals surface area contributed by atoms with Gasteiger partial charge in [-0.25, -0.2) is 16.8 Å². The molecule has 3 aromatic rings. The van der Waals surface area contributed by atoms with E-state index in [0.717, 1.165) is 0 Å². The van der Waals surface area contributed by atoms with Crippen LogP contribution in [-0.2, 0) is 31.6 Å². The minimum atomic E-state index is -4.29. The molecule has 0 radical (unpaired) electrons. The number of sulfonamides is 2. The Morgan fingerprint density at radius 1 is 0.806 bits per heavy atom. The molecule has 5 nitrogen and oxygen atoms in total. The number of anilines is 1. The molecule has 0 aliphatic carbocycles. The summed E-state index contributed by atoms with van der Waals surface area (Å²) in [5.41, 5.74) is 2.22. The normalized spacial score (nSPS) is 11.8. The summed E-state index contributed by atoms with van der Waals surface area (Å²) in [6, 6.07) is 21.2. The lowest BCUT2D eigenvalue weighted by Crippen LogP contribution is -2.38. The molecule has 0 N–H and O–H groups in total. The quantitative estimate of drug-likeness (QED) is 0.446. The minimum Gasteiger partial charge on any atom is -0.205 e. The third kappa shape index (κ3) is 5.55. The van der Waals surface area contributed by atoms with Gasteiger partial charge < -0.3 is 0 Å². The smallest absolute Gasteiger partial charge is 0.205 e. The van der Waals surface area contributed by atoms with Crippen molar-refractivity contribution in [2.45, 2.75) is 18.4 Å². The minimum absolute atomic E-state index is 0.0399. The van der Waals surface area contributed by atoms with E-state index in [4.69, 9.17) is 11.6 Å². The zero-order chi connectivity index (χ0) is 22.6. The molecule has 0 saturated carbocycles. The molecule has 3 rings (SSSR count). The Morgan fingerprint density at radius 3 is 1.65 bits per heavy atom. The molecular formula is C23H22ClNO4S2. The monoisotopic (exact) mass is 475 g/mol. The van der Waals surface area contributed by atoms with Crippen molar-refractivity contribution in [2.75, 3.05) is 3.71 Å². The highest BCUT2D eigenvalue weighted by molar-refractivity contribution is 8.09. The largest absolute Gasteiger partial charge is 0.252 e. The molecule has 0 aliphatic rings. The summed E-state index contributed by atoms with van der Waals surface area (Å²) in [4.78, 5) is 0. The van der Waals surface area contributed by atoms with E-state index in [-0.39, 0.29) is 10.7 Å². The van der Waals surface area contributed by atoms with Crippen LogP contribution in [0.3, 0.4) is 0 Å². The van der Waals surface area contributed by atoms with E-state index in [9.17, 15) is 16.8 Å². The molecule has 8 heteroatoms. The van der Waals surface area contributed by atoms with Crippen molar-refractivity contribution in [2.24, 2.45) is 0 Å². The maximum Gasteiger partial charge on any atom is 0.252 e. The molecule has 162 valence electrons. The number of hydrogen-bond acceptors (Lipinski definition) is 4. The van der Waals surface area contributed by atoms with Crippen molar-refractivity contribution < 1.29 is 16.8 Å². The van der Waals surface area contributed by atoms with Crippen LogP contribution in [0.25, 0.3) is 5.57 Å². The van der Waals surface area contributed by atoms with Gasteiger partial charge >= 0.3 is 0 Å². The predicted octanol–water partition coefficient (Wildman–Crippen LogP) is 5.24. The summed E-state index contributed by atoms with van der Waals surface area (Å²) in [5.74, 6) is -0.941. The van der Waals surface area contributed by atoms with Gasteiger partial charge in [-0.1, -0.05) is 84.9 Å². The van der Waals surface area contributed by atoms with Crippen LogP contribution in [-0.4, -0.2) is 16.8 Å². The molecule has 0 aromatic heterocycles. The molecule has 0 atom stereocenters. The van der Waals surface area contributed by atoms with Gasteiger partial charge in [0, 0.05) is 0 Å². The second-order valence-corrected chi connectivity index (χ2v) is 11.4. The fraction of sp³-hybridized carbons (Fsp3) is 0.130. The maximum atomic E-state index is 13.4. The molecule has 0 heterocycles. The number of hydrogen-bond donors (Lipinski definition) is 0. The first-order valence-corrected chi connectivity index (χ1v) is 13.0. The first-order valence-electron chi connectivity index (χ1n) is 9.39. The van der Waals surface area contributed by atoms with E-state index in [1.165, 1.54) is 12.1 Å². The third-order valence-electron chi connectivity index (χ3n) is 4.51. The van der Waals surface area contributed by atoms with Gasteiger partial charge in [-0.3, -0.25) is 0 Å². The molecule has 0 aliphatic heterocycles. The number of halogens is 1. The van der Waals surface area contributed by atoms with E-state index < -0.39 is 31.6 Å². The molecule has 31 heavy (non-hydrogen) atoms. The third-order valence-corrected chi connectivity index (χ3v) is 9.02. The van der Waals surface area contributed by atoms with Gasteiger partial charge in [-0.15, -0.1) is 0 Å². The van der Waals surface area contributed by atoms with Crippen LogP contribution < -0.4 is 3.71 Å². The highest BCUT2D eigenvalue weighted by Gasteiger charge is 2.35. The van der Waals surface area contributed by atoms with Crippen molar-refractivity contribution in [1.29, 1.82) is 0 Å².